The molecule has 0 aliphatic heterocycles. The first-order valence-corrected chi connectivity index (χ1v) is 6.77. The van der Waals surface area contributed by atoms with E-state index in [1.165, 1.54) is 0 Å². The van der Waals surface area contributed by atoms with Crippen molar-refractivity contribution in [3.8, 4) is 0 Å². The summed E-state index contributed by atoms with van der Waals surface area (Å²) in [6.07, 6.45) is 0. The Morgan fingerprint density at radius 1 is 1.16 bits per heavy atom. The maximum absolute atomic E-state index is 11.1. The highest BCUT2D eigenvalue weighted by Crippen LogP contribution is 2.28. The number of nitrogens with zero attached hydrogens (tertiary/aromatic N) is 1. The zero-order valence-electron chi connectivity index (χ0n) is 10.5. The van der Waals surface area contributed by atoms with Crippen molar-refractivity contribution in [3.05, 3.63) is 58.6 Å². The number of halogens is 1. The molecule has 0 spiro atoms. The van der Waals surface area contributed by atoms with E-state index in [1.807, 2.05) is 43.3 Å². The third-order valence-electron chi connectivity index (χ3n) is 2.83. The van der Waals surface area contributed by atoms with E-state index < -0.39 is 5.97 Å². The lowest BCUT2D eigenvalue weighted by Crippen LogP contribution is -2.16. The largest absolute Gasteiger partial charge is 0.478 e. The van der Waals surface area contributed by atoms with Crippen LogP contribution in [0.5, 0.6) is 0 Å². The lowest BCUT2D eigenvalue weighted by molar-refractivity contribution is 0.0697. The number of para-hydroxylation sites is 1. The number of anilines is 2. The number of carbonyl (C=O) groups is 1. The van der Waals surface area contributed by atoms with Crippen LogP contribution in [0.3, 0.4) is 0 Å². The molecule has 0 fully saturated rings. The first-order chi connectivity index (χ1) is 9.11. The smallest absolute Gasteiger partial charge is 0.335 e. The zero-order chi connectivity index (χ0) is 13.8. The van der Waals surface area contributed by atoms with E-state index in [0.29, 0.717) is 0 Å². The first kappa shape index (κ1) is 13.6. The summed E-state index contributed by atoms with van der Waals surface area (Å²) >= 11 is 3.36. The number of hydrogen-bond acceptors (Lipinski definition) is 2. The van der Waals surface area contributed by atoms with Crippen molar-refractivity contribution in [2.75, 3.05) is 11.4 Å². The molecular weight excluding hydrogens is 306 g/mol. The van der Waals surface area contributed by atoms with Crippen LogP contribution in [-0.2, 0) is 0 Å². The molecule has 4 heteroatoms. The Morgan fingerprint density at radius 2 is 1.84 bits per heavy atom. The molecule has 0 heterocycles. The van der Waals surface area contributed by atoms with Crippen molar-refractivity contribution in [1.82, 2.24) is 0 Å². The summed E-state index contributed by atoms with van der Waals surface area (Å²) in [5, 5.41) is 9.12. The molecular formula is C15H14BrNO2. The lowest BCUT2D eigenvalue weighted by atomic mass is 10.1. The Labute approximate surface area is 120 Å². The minimum Gasteiger partial charge on any atom is -0.478 e. The molecule has 2 rings (SSSR count). The third kappa shape index (κ3) is 3.15. The highest BCUT2D eigenvalue weighted by Gasteiger charge is 2.11. The van der Waals surface area contributed by atoms with Gasteiger partial charge >= 0.3 is 5.97 Å². The fraction of sp³-hybridized carbons (Fsp3) is 0.133. The van der Waals surface area contributed by atoms with Gasteiger partial charge in [-0.15, -0.1) is 0 Å². The lowest BCUT2D eigenvalue weighted by Gasteiger charge is -2.23. The van der Waals surface area contributed by atoms with E-state index in [2.05, 4.69) is 20.8 Å². The standard InChI is InChI=1S/C15H14BrNO2/c1-2-17(13-6-4-3-5-7-13)14-9-11(15(18)19)8-12(16)10-14/h3-10H,2H2,1H3,(H,18,19). The maximum atomic E-state index is 11.1. The highest BCUT2D eigenvalue weighted by atomic mass is 79.9. The Balaban J connectivity index is 2.47. The normalized spacial score (nSPS) is 10.2. The molecule has 0 aromatic heterocycles. The van der Waals surface area contributed by atoms with Crippen LogP contribution in [0.2, 0.25) is 0 Å². The molecule has 0 atom stereocenters. The topological polar surface area (TPSA) is 40.5 Å². The molecule has 19 heavy (non-hydrogen) atoms. The minimum atomic E-state index is -0.924. The molecule has 3 nitrogen and oxygen atoms in total. The molecule has 0 radical (unpaired) electrons. The van der Waals surface area contributed by atoms with Gasteiger partial charge in [0.1, 0.15) is 0 Å². The van der Waals surface area contributed by atoms with Crippen molar-refractivity contribution in [2.24, 2.45) is 0 Å². The molecule has 98 valence electrons. The number of hydrogen-bond donors (Lipinski definition) is 1. The summed E-state index contributed by atoms with van der Waals surface area (Å²) in [4.78, 5) is 13.2. The summed E-state index contributed by atoms with van der Waals surface area (Å²) in [7, 11) is 0. The number of carboxylic acids is 1. The van der Waals surface area contributed by atoms with Gasteiger partial charge in [-0.25, -0.2) is 4.79 Å². The van der Waals surface area contributed by atoms with Crippen LogP contribution in [0.1, 0.15) is 17.3 Å². The van der Waals surface area contributed by atoms with E-state index in [1.54, 1.807) is 12.1 Å². The van der Waals surface area contributed by atoms with Crippen molar-refractivity contribution in [3.63, 3.8) is 0 Å². The molecule has 0 bridgehead atoms. The molecule has 0 aliphatic carbocycles. The van der Waals surface area contributed by atoms with Crippen LogP contribution >= 0.6 is 15.9 Å². The van der Waals surface area contributed by atoms with Crippen molar-refractivity contribution in [2.45, 2.75) is 6.92 Å². The average Bonchev–Trinajstić information content (AvgIpc) is 2.40. The quantitative estimate of drug-likeness (QED) is 0.913. The predicted molar refractivity (Wildman–Crippen MR) is 80.2 cm³/mol. The van der Waals surface area contributed by atoms with Gasteiger partial charge in [0.2, 0.25) is 0 Å². The Kier molecular flexibility index (Phi) is 4.22. The monoisotopic (exact) mass is 319 g/mol. The van der Waals surface area contributed by atoms with Crippen LogP contribution in [0.15, 0.2) is 53.0 Å². The zero-order valence-corrected chi connectivity index (χ0v) is 12.1. The predicted octanol–water partition coefficient (Wildman–Crippen LogP) is 4.31. The highest BCUT2D eigenvalue weighted by molar-refractivity contribution is 9.10. The summed E-state index contributed by atoms with van der Waals surface area (Å²) in [6.45, 7) is 2.80. The van der Waals surface area contributed by atoms with E-state index in [-0.39, 0.29) is 5.56 Å². The molecule has 2 aromatic rings. The van der Waals surface area contributed by atoms with Crippen LogP contribution < -0.4 is 4.90 Å². The van der Waals surface area contributed by atoms with Crippen molar-refractivity contribution < 1.29 is 9.90 Å². The van der Waals surface area contributed by atoms with E-state index >= 15 is 0 Å². The van der Waals surface area contributed by atoms with Gasteiger partial charge in [0.05, 0.1) is 5.56 Å². The third-order valence-corrected chi connectivity index (χ3v) is 3.28. The van der Waals surface area contributed by atoms with Crippen molar-refractivity contribution >= 4 is 33.3 Å². The molecule has 0 aliphatic rings. The van der Waals surface area contributed by atoms with Gasteiger partial charge in [-0.2, -0.15) is 0 Å². The van der Waals surface area contributed by atoms with Gasteiger partial charge in [-0.3, -0.25) is 0 Å². The molecule has 1 N–H and O–H groups in total. The van der Waals surface area contributed by atoms with E-state index in [0.717, 1.165) is 22.4 Å². The SMILES string of the molecule is CCN(c1ccccc1)c1cc(Br)cc(C(=O)O)c1. The van der Waals surface area contributed by atoms with Crippen LogP contribution in [0.4, 0.5) is 11.4 Å². The number of aromatic carboxylic acids is 1. The summed E-state index contributed by atoms with van der Waals surface area (Å²) in [5.41, 5.74) is 2.18. The average molecular weight is 320 g/mol. The maximum Gasteiger partial charge on any atom is 0.335 e. The molecule has 0 unspecified atom stereocenters. The summed E-state index contributed by atoms with van der Waals surface area (Å²) in [6, 6.07) is 15.1. The fourth-order valence-corrected chi connectivity index (χ4v) is 2.46. The molecule has 0 saturated carbocycles. The van der Waals surface area contributed by atoms with Gasteiger partial charge in [-0.1, -0.05) is 34.1 Å². The Morgan fingerprint density at radius 3 is 2.42 bits per heavy atom. The fourth-order valence-electron chi connectivity index (χ4n) is 1.98. The van der Waals surface area contributed by atoms with Gasteiger partial charge in [-0.05, 0) is 37.3 Å². The number of rotatable bonds is 4. The van der Waals surface area contributed by atoms with Gasteiger partial charge < -0.3 is 10.0 Å². The number of benzene rings is 2. The number of carboxylic acid groups (broad SMARTS) is 1. The van der Waals surface area contributed by atoms with Gasteiger partial charge in [0.15, 0.2) is 0 Å². The molecule has 2 aromatic carbocycles. The molecule has 0 saturated heterocycles. The second-order valence-corrected chi connectivity index (χ2v) is 5.00. The Bertz CT molecular complexity index is 584. The second-order valence-electron chi connectivity index (χ2n) is 4.08. The van der Waals surface area contributed by atoms with E-state index in [4.69, 9.17) is 5.11 Å². The summed E-state index contributed by atoms with van der Waals surface area (Å²) < 4.78 is 0.761. The van der Waals surface area contributed by atoms with Crippen LogP contribution in [0.25, 0.3) is 0 Å². The molecule has 0 amide bonds. The van der Waals surface area contributed by atoms with Crippen LogP contribution in [0, 0.1) is 0 Å². The van der Waals surface area contributed by atoms with Crippen molar-refractivity contribution in [1.29, 1.82) is 0 Å². The van der Waals surface area contributed by atoms with Crippen LogP contribution in [-0.4, -0.2) is 17.6 Å². The van der Waals surface area contributed by atoms with Gasteiger partial charge in [0, 0.05) is 22.4 Å². The minimum absolute atomic E-state index is 0.277. The summed E-state index contributed by atoms with van der Waals surface area (Å²) in [5.74, 6) is -0.924. The van der Waals surface area contributed by atoms with E-state index in [9.17, 15) is 4.79 Å². The Hall–Kier alpha value is -1.81. The first-order valence-electron chi connectivity index (χ1n) is 5.98. The van der Waals surface area contributed by atoms with Gasteiger partial charge in [0.25, 0.3) is 0 Å². The second kappa shape index (κ2) is 5.89.